The summed E-state index contributed by atoms with van der Waals surface area (Å²) < 4.78 is 32.9. The highest BCUT2D eigenvalue weighted by molar-refractivity contribution is 9.10. The van der Waals surface area contributed by atoms with E-state index >= 15 is 0 Å². The SMILES string of the molecule is COC1CCN(S(=O)(=O)c2cc(CO)cc(C)c2Br)CC1. The number of ether oxygens (including phenoxy) is 1. The van der Waals surface area contributed by atoms with Crippen LogP contribution in [-0.2, 0) is 21.4 Å². The van der Waals surface area contributed by atoms with Gasteiger partial charge in [0.2, 0.25) is 10.0 Å². The van der Waals surface area contributed by atoms with Crippen LogP contribution < -0.4 is 0 Å². The van der Waals surface area contributed by atoms with Crippen molar-refractivity contribution < 1.29 is 18.3 Å². The predicted octanol–water partition coefficient (Wildman–Crippen LogP) is 2.05. The normalized spacial score (nSPS) is 18.1. The van der Waals surface area contributed by atoms with E-state index in [0.29, 0.717) is 36.0 Å². The number of aryl methyl sites for hydroxylation is 1. The number of aliphatic hydroxyl groups excluding tert-OH is 1. The molecule has 7 heteroatoms. The van der Waals surface area contributed by atoms with Gasteiger partial charge >= 0.3 is 0 Å². The number of piperidine rings is 1. The van der Waals surface area contributed by atoms with Crippen LogP contribution in [0.15, 0.2) is 21.5 Å². The highest BCUT2D eigenvalue weighted by Gasteiger charge is 2.31. The molecule has 5 nitrogen and oxygen atoms in total. The van der Waals surface area contributed by atoms with E-state index in [0.717, 1.165) is 5.56 Å². The third-order valence-corrected chi connectivity index (χ3v) is 7.05. The molecule has 0 bridgehead atoms. The van der Waals surface area contributed by atoms with E-state index in [4.69, 9.17) is 4.74 Å². The molecule has 21 heavy (non-hydrogen) atoms. The van der Waals surface area contributed by atoms with Crippen LogP contribution in [0.4, 0.5) is 0 Å². The van der Waals surface area contributed by atoms with Gasteiger partial charge in [0, 0.05) is 24.7 Å². The summed E-state index contributed by atoms with van der Waals surface area (Å²) in [6.45, 7) is 2.55. The third kappa shape index (κ3) is 3.48. The highest BCUT2D eigenvalue weighted by Crippen LogP contribution is 2.31. The van der Waals surface area contributed by atoms with E-state index in [1.54, 1.807) is 13.2 Å². The number of aliphatic hydroxyl groups is 1. The van der Waals surface area contributed by atoms with Gasteiger partial charge < -0.3 is 9.84 Å². The van der Waals surface area contributed by atoms with Crippen LogP contribution in [0.25, 0.3) is 0 Å². The van der Waals surface area contributed by atoms with Crippen LogP contribution in [-0.4, -0.2) is 44.1 Å². The first-order valence-corrected chi connectivity index (χ1v) is 9.06. The van der Waals surface area contributed by atoms with E-state index < -0.39 is 10.0 Å². The van der Waals surface area contributed by atoms with E-state index in [1.807, 2.05) is 6.92 Å². The smallest absolute Gasteiger partial charge is 0.244 e. The molecule has 2 rings (SSSR count). The Bertz CT molecular complexity index is 610. The van der Waals surface area contributed by atoms with Crippen LogP contribution in [0.1, 0.15) is 24.0 Å². The lowest BCUT2D eigenvalue weighted by Gasteiger charge is -2.30. The van der Waals surface area contributed by atoms with Crippen molar-refractivity contribution in [1.82, 2.24) is 4.31 Å². The number of rotatable bonds is 4. The maximum Gasteiger partial charge on any atom is 0.244 e. The number of sulfonamides is 1. The van der Waals surface area contributed by atoms with Crippen LogP contribution >= 0.6 is 15.9 Å². The van der Waals surface area contributed by atoms with Crippen molar-refractivity contribution in [3.8, 4) is 0 Å². The second kappa shape index (κ2) is 6.75. The van der Waals surface area contributed by atoms with Crippen LogP contribution in [0, 0.1) is 6.92 Å². The molecule has 1 aliphatic rings. The minimum absolute atomic E-state index is 0.130. The summed E-state index contributed by atoms with van der Waals surface area (Å²) in [5, 5.41) is 9.28. The van der Waals surface area contributed by atoms with Gasteiger partial charge in [-0.1, -0.05) is 6.07 Å². The zero-order chi connectivity index (χ0) is 15.6. The van der Waals surface area contributed by atoms with Gasteiger partial charge in [0.25, 0.3) is 0 Å². The Morgan fingerprint density at radius 1 is 1.38 bits per heavy atom. The van der Waals surface area contributed by atoms with E-state index in [2.05, 4.69) is 15.9 Å². The van der Waals surface area contributed by atoms with Gasteiger partial charge in [0.15, 0.2) is 0 Å². The second-order valence-electron chi connectivity index (χ2n) is 5.22. The Labute approximate surface area is 134 Å². The van der Waals surface area contributed by atoms with Gasteiger partial charge in [-0.2, -0.15) is 4.31 Å². The van der Waals surface area contributed by atoms with Crippen molar-refractivity contribution in [3.63, 3.8) is 0 Å². The Kier molecular flexibility index (Phi) is 5.43. The molecule has 0 aromatic heterocycles. The summed E-state index contributed by atoms with van der Waals surface area (Å²) in [5.41, 5.74) is 1.40. The number of nitrogens with zero attached hydrogens (tertiary/aromatic N) is 1. The fourth-order valence-corrected chi connectivity index (χ4v) is 5.04. The average Bonchev–Trinajstić information content (AvgIpc) is 2.49. The van der Waals surface area contributed by atoms with E-state index in [-0.39, 0.29) is 17.6 Å². The molecular formula is C14H20BrNO4S. The zero-order valence-corrected chi connectivity index (χ0v) is 14.6. The van der Waals surface area contributed by atoms with Crippen LogP contribution in [0.5, 0.6) is 0 Å². The van der Waals surface area contributed by atoms with E-state index in [9.17, 15) is 13.5 Å². The van der Waals surface area contributed by atoms with Crippen molar-refractivity contribution in [3.05, 3.63) is 27.7 Å². The van der Waals surface area contributed by atoms with Crippen molar-refractivity contribution >= 4 is 26.0 Å². The molecule has 0 radical (unpaired) electrons. The molecule has 1 N–H and O–H groups in total. The lowest BCUT2D eigenvalue weighted by molar-refractivity contribution is 0.0604. The molecule has 1 aromatic carbocycles. The summed E-state index contributed by atoms with van der Waals surface area (Å²) in [6, 6.07) is 3.31. The Hall–Kier alpha value is -0.470. The zero-order valence-electron chi connectivity index (χ0n) is 12.2. The van der Waals surface area contributed by atoms with Gasteiger partial charge in [-0.3, -0.25) is 0 Å². The number of halogens is 1. The molecule has 0 spiro atoms. The molecule has 0 saturated carbocycles. The standard InChI is InChI=1S/C14H20BrNO4S/c1-10-7-11(9-17)8-13(14(10)15)21(18,19)16-5-3-12(20-2)4-6-16/h7-8,12,17H,3-6,9H2,1-2H3. The number of benzene rings is 1. The molecule has 0 amide bonds. The summed E-state index contributed by atoms with van der Waals surface area (Å²) in [4.78, 5) is 0.224. The third-order valence-electron chi connectivity index (χ3n) is 3.82. The van der Waals surface area contributed by atoms with Gasteiger partial charge in [-0.05, 0) is 52.9 Å². The molecule has 1 aromatic rings. The first-order chi connectivity index (χ1) is 9.90. The Morgan fingerprint density at radius 3 is 2.52 bits per heavy atom. The monoisotopic (exact) mass is 377 g/mol. The molecule has 0 atom stereocenters. The lowest BCUT2D eigenvalue weighted by Crippen LogP contribution is -2.40. The number of hydrogen-bond acceptors (Lipinski definition) is 4. The molecule has 1 fully saturated rings. The Morgan fingerprint density at radius 2 is 2.00 bits per heavy atom. The maximum atomic E-state index is 12.8. The molecule has 0 unspecified atom stereocenters. The van der Waals surface area contributed by atoms with Gasteiger partial charge in [0.05, 0.1) is 17.6 Å². The quantitative estimate of drug-likeness (QED) is 0.871. The maximum absolute atomic E-state index is 12.8. The van der Waals surface area contributed by atoms with Crippen molar-refractivity contribution in [2.75, 3.05) is 20.2 Å². The van der Waals surface area contributed by atoms with Crippen molar-refractivity contribution in [2.24, 2.45) is 0 Å². The molecule has 0 aliphatic carbocycles. The molecule has 1 aliphatic heterocycles. The van der Waals surface area contributed by atoms with E-state index in [1.165, 1.54) is 10.4 Å². The van der Waals surface area contributed by atoms with Crippen molar-refractivity contribution in [2.45, 2.75) is 37.4 Å². The molecule has 1 heterocycles. The summed E-state index contributed by atoms with van der Waals surface area (Å²) in [5.74, 6) is 0. The fourth-order valence-electron chi connectivity index (χ4n) is 2.54. The summed E-state index contributed by atoms with van der Waals surface area (Å²) >= 11 is 3.36. The van der Waals surface area contributed by atoms with Crippen molar-refractivity contribution in [1.29, 1.82) is 0 Å². The largest absolute Gasteiger partial charge is 0.392 e. The van der Waals surface area contributed by atoms with Crippen LogP contribution in [0.3, 0.4) is 0 Å². The van der Waals surface area contributed by atoms with Gasteiger partial charge in [0.1, 0.15) is 0 Å². The van der Waals surface area contributed by atoms with Gasteiger partial charge in [-0.25, -0.2) is 8.42 Å². The minimum atomic E-state index is -3.56. The first-order valence-electron chi connectivity index (χ1n) is 6.83. The number of hydrogen-bond donors (Lipinski definition) is 1. The number of methoxy groups -OCH3 is 1. The lowest BCUT2D eigenvalue weighted by atomic mass is 10.1. The highest BCUT2D eigenvalue weighted by atomic mass is 79.9. The summed E-state index contributed by atoms with van der Waals surface area (Å²) in [7, 11) is -1.91. The minimum Gasteiger partial charge on any atom is -0.392 e. The molecule has 118 valence electrons. The second-order valence-corrected chi connectivity index (χ2v) is 7.92. The van der Waals surface area contributed by atoms with Crippen LogP contribution in [0.2, 0.25) is 0 Å². The first kappa shape index (κ1) is 16.9. The van der Waals surface area contributed by atoms with Gasteiger partial charge in [-0.15, -0.1) is 0 Å². The average molecular weight is 378 g/mol. The molecular weight excluding hydrogens is 358 g/mol. The summed E-state index contributed by atoms with van der Waals surface area (Å²) in [6.07, 6.45) is 1.53. The topological polar surface area (TPSA) is 66.8 Å². The Balaban J connectivity index is 2.34. The predicted molar refractivity (Wildman–Crippen MR) is 83.6 cm³/mol. The fraction of sp³-hybridized carbons (Fsp3) is 0.571. The molecule has 1 saturated heterocycles.